The number of esters is 1. The Kier molecular flexibility index (Phi) is 8.22. The molecule has 2 aromatic heterocycles. The predicted octanol–water partition coefficient (Wildman–Crippen LogP) is 0.806. The number of nitrogens with one attached hydrogen (secondary N) is 1. The summed E-state index contributed by atoms with van der Waals surface area (Å²) in [5.41, 5.74) is 4.89. The summed E-state index contributed by atoms with van der Waals surface area (Å²) in [6, 6.07) is 9.86. The van der Waals surface area contributed by atoms with E-state index >= 15 is 0 Å². The Labute approximate surface area is 223 Å². The van der Waals surface area contributed by atoms with Gasteiger partial charge in [0.2, 0.25) is 11.5 Å². The molecule has 4 rings (SSSR count). The summed E-state index contributed by atoms with van der Waals surface area (Å²) >= 11 is 0. The number of carbonyl (C=O) groups excluding carboxylic acids is 2. The minimum atomic E-state index is -2.07. The van der Waals surface area contributed by atoms with Crippen molar-refractivity contribution in [2.45, 2.75) is 56.6 Å². The van der Waals surface area contributed by atoms with Gasteiger partial charge in [-0.15, -0.1) is 0 Å². The fraction of sp³-hybridized carbons (Fsp3) is 0.423. The molecule has 1 amide bonds. The number of hydrogen-bond donors (Lipinski definition) is 4. The summed E-state index contributed by atoms with van der Waals surface area (Å²) in [5.74, 6) is -1.45. The van der Waals surface area contributed by atoms with Crippen molar-refractivity contribution in [2.24, 2.45) is 11.7 Å². The molecule has 0 spiro atoms. The lowest BCUT2D eigenvalue weighted by molar-refractivity contribution is -0.153. The number of hydrogen-bond acceptors (Lipinski definition) is 10. The van der Waals surface area contributed by atoms with Crippen molar-refractivity contribution in [2.75, 3.05) is 11.9 Å². The number of aliphatic hydroxyl groups is 2. The van der Waals surface area contributed by atoms with Crippen molar-refractivity contribution in [1.29, 1.82) is 5.26 Å². The van der Waals surface area contributed by atoms with E-state index in [0.29, 0.717) is 11.9 Å². The fourth-order valence-corrected chi connectivity index (χ4v) is 4.26. The molecule has 1 saturated heterocycles. The number of rotatable bonds is 9. The van der Waals surface area contributed by atoms with Gasteiger partial charge in [-0.1, -0.05) is 26.0 Å². The second kappa shape index (κ2) is 11.4. The molecule has 3 aromatic rings. The molecular weight excluding hydrogens is 511 g/mol. The van der Waals surface area contributed by atoms with E-state index in [9.17, 15) is 29.5 Å². The Hall–Kier alpha value is -3.96. The highest BCUT2D eigenvalue weighted by Gasteiger charge is 2.58. The van der Waals surface area contributed by atoms with Gasteiger partial charge in [0.05, 0.1) is 5.69 Å². The zero-order valence-electron chi connectivity index (χ0n) is 21.3. The van der Waals surface area contributed by atoms with Gasteiger partial charge in [0.25, 0.3) is 0 Å². The maximum absolute atomic E-state index is 13.1. The lowest BCUT2D eigenvalue weighted by Gasteiger charge is -2.24. The van der Waals surface area contributed by atoms with Crippen LogP contribution in [0.5, 0.6) is 0 Å². The summed E-state index contributed by atoms with van der Waals surface area (Å²) in [6.07, 6.45) is -2.87. The number of anilines is 1. The number of nitriles is 1. The van der Waals surface area contributed by atoms with Gasteiger partial charge in [-0.05, 0) is 42.2 Å². The number of ether oxygens (including phenoxy) is 2. The van der Waals surface area contributed by atoms with Gasteiger partial charge in [-0.3, -0.25) is 9.59 Å². The van der Waals surface area contributed by atoms with Gasteiger partial charge >= 0.3 is 5.97 Å². The third kappa shape index (κ3) is 5.59. The van der Waals surface area contributed by atoms with Crippen molar-refractivity contribution >= 4 is 23.2 Å². The van der Waals surface area contributed by atoms with Crippen molar-refractivity contribution < 1.29 is 33.7 Å². The molecule has 206 valence electrons. The summed E-state index contributed by atoms with van der Waals surface area (Å²) in [5, 5.41) is 38.4. The monoisotopic (exact) mass is 540 g/mol. The Morgan fingerprint density at radius 1 is 1.28 bits per heavy atom. The van der Waals surface area contributed by atoms with Crippen LogP contribution in [-0.4, -0.2) is 67.6 Å². The van der Waals surface area contributed by atoms with Crippen LogP contribution in [0.3, 0.4) is 0 Å². The molecule has 5 atom stereocenters. The molecule has 3 heterocycles. The number of benzene rings is 1. The molecule has 1 aromatic carbocycles. The second-order valence-corrected chi connectivity index (χ2v) is 9.64. The molecule has 12 nitrogen and oxygen atoms in total. The summed E-state index contributed by atoms with van der Waals surface area (Å²) in [4.78, 5) is 28.8. The molecule has 0 aliphatic carbocycles. The third-order valence-electron chi connectivity index (χ3n) is 6.65. The topological polar surface area (TPSA) is 185 Å². The number of nitrogens with two attached hydrogens (primary N) is 1. The van der Waals surface area contributed by atoms with Crippen molar-refractivity contribution in [3.63, 3.8) is 0 Å². The van der Waals surface area contributed by atoms with Crippen molar-refractivity contribution in [3.05, 3.63) is 59.8 Å². The standard InChI is InChI=1S/C26H29FN6O6/c1-14(2)21(29)25(37)38-11-18-22(35)23(36)26(12-28,39-18)19-9-8-17-24(30-13-31-33(17)19)32-20(34)10-5-15-3-6-16(27)7-4-15/h3-4,6-9,13-14,18,21-23,35-36H,5,10-11,29H2,1-2H3,(H,30,31,32,34)/t18-,21+,22-,23-,26+/m1/s1. The second-order valence-electron chi connectivity index (χ2n) is 9.64. The first-order valence-corrected chi connectivity index (χ1v) is 12.3. The number of aryl methyl sites for hydroxylation is 1. The largest absolute Gasteiger partial charge is 0.462 e. The van der Waals surface area contributed by atoms with E-state index in [-0.39, 0.29) is 35.6 Å². The number of aliphatic hydroxyl groups excluding tert-OH is 2. The Bertz CT molecular complexity index is 1390. The first-order valence-electron chi connectivity index (χ1n) is 12.3. The quantitative estimate of drug-likeness (QED) is 0.283. The summed E-state index contributed by atoms with van der Waals surface area (Å²) < 4.78 is 25.3. The van der Waals surface area contributed by atoms with E-state index in [1.165, 1.54) is 28.8 Å². The van der Waals surface area contributed by atoms with Crippen molar-refractivity contribution in [1.82, 2.24) is 14.6 Å². The van der Waals surface area contributed by atoms with Crippen LogP contribution in [0.25, 0.3) is 5.52 Å². The van der Waals surface area contributed by atoms with Crippen LogP contribution < -0.4 is 11.1 Å². The van der Waals surface area contributed by atoms with Crippen molar-refractivity contribution in [3.8, 4) is 6.07 Å². The smallest absolute Gasteiger partial charge is 0.323 e. The van der Waals surface area contributed by atoms with Crippen LogP contribution in [0.4, 0.5) is 10.2 Å². The zero-order valence-corrected chi connectivity index (χ0v) is 21.3. The molecule has 0 bridgehead atoms. The minimum Gasteiger partial charge on any atom is -0.462 e. The van der Waals surface area contributed by atoms with E-state index in [2.05, 4.69) is 15.4 Å². The highest BCUT2D eigenvalue weighted by Crippen LogP contribution is 2.40. The fourth-order valence-electron chi connectivity index (χ4n) is 4.26. The molecule has 5 N–H and O–H groups in total. The molecule has 0 saturated carbocycles. The van der Waals surface area contributed by atoms with E-state index in [0.717, 1.165) is 11.9 Å². The molecule has 1 aliphatic heterocycles. The lowest BCUT2D eigenvalue weighted by Crippen LogP contribution is -2.41. The first-order chi connectivity index (χ1) is 18.6. The molecule has 1 aliphatic rings. The van der Waals surface area contributed by atoms with Gasteiger partial charge in [-0.25, -0.2) is 13.9 Å². The van der Waals surface area contributed by atoms with E-state index in [1.807, 2.05) is 6.07 Å². The van der Waals surface area contributed by atoms with Crippen LogP contribution in [0.2, 0.25) is 0 Å². The van der Waals surface area contributed by atoms with Gasteiger partial charge in [0.1, 0.15) is 54.7 Å². The molecule has 13 heteroatoms. The van der Waals surface area contributed by atoms with Gasteiger partial charge in [0, 0.05) is 6.42 Å². The first kappa shape index (κ1) is 28.1. The highest BCUT2D eigenvalue weighted by atomic mass is 19.1. The van der Waals surface area contributed by atoms with Gasteiger partial charge < -0.3 is 30.7 Å². The zero-order chi connectivity index (χ0) is 28.3. The van der Waals surface area contributed by atoms with Crippen LogP contribution in [-0.2, 0) is 31.1 Å². The Morgan fingerprint density at radius 3 is 2.67 bits per heavy atom. The normalized spacial score (nSPS) is 23.5. The molecule has 1 fully saturated rings. The number of aromatic nitrogens is 3. The lowest BCUT2D eigenvalue weighted by atomic mass is 9.92. The number of halogens is 1. The minimum absolute atomic E-state index is 0.0727. The van der Waals surface area contributed by atoms with Crippen LogP contribution in [0.1, 0.15) is 31.5 Å². The molecular formula is C26H29FN6O6. The van der Waals surface area contributed by atoms with E-state index < -0.39 is 42.5 Å². The van der Waals surface area contributed by atoms with Crippen LogP contribution in [0, 0.1) is 23.1 Å². The van der Waals surface area contributed by atoms with E-state index in [4.69, 9.17) is 15.2 Å². The maximum atomic E-state index is 13.1. The van der Waals surface area contributed by atoms with Crippen LogP contribution in [0.15, 0.2) is 42.7 Å². The number of carbonyl (C=O) groups is 2. The molecule has 0 radical (unpaired) electrons. The van der Waals surface area contributed by atoms with E-state index in [1.54, 1.807) is 26.0 Å². The average molecular weight is 541 g/mol. The number of nitrogens with zero attached hydrogens (tertiary/aromatic N) is 4. The average Bonchev–Trinajstić information content (AvgIpc) is 3.47. The number of amides is 1. The Balaban J connectivity index is 1.52. The third-order valence-corrected chi connectivity index (χ3v) is 6.65. The summed E-state index contributed by atoms with van der Waals surface area (Å²) in [7, 11) is 0. The summed E-state index contributed by atoms with van der Waals surface area (Å²) in [6.45, 7) is 3.06. The maximum Gasteiger partial charge on any atom is 0.323 e. The van der Waals surface area contributed by atoms with Crippen LogP contribution >= 0.6 is 0 Å². The SMILES string of the molecule is CC(C)[C@H](N)C(=O)OC[C@H]1O[C@@](C#N)(c2ccc3c(NC(=O)CCc4ccc(F)cc4)ncnn23)[C@H](O)[C@@H]1O. The van der Waals surface area contributed by atoms with Gasteiger partial charge in [0.15, 0.2) is 5.82 Å². The molecule has 0 unspecified atom stereocenters. The molecule has 39 heavy (non-hydrogen) atoms. The highest BCUT2D eigenvalue weighted by molar-refractivity contribution is 5.93. The predicted molar refractivity (Wildman–Crippen MR) is 134 cm³/mol. The van der Waals surface area contributed by atoms with Gasteiger partial charge in [-0.2, -0.15) is 10.4 Å². The number of fused-ring (bicyclic) bond motifs is 1. The Morgan fingerprint density at radius 2 is 2.00 bits per heavy atom.